The molecular formula is C27H36ClN3O2. The molecule has 1 aliphatic carbocycles. The maximum Gasteiger partial charge on any atom is 0.257 e. The summed E-state index contributed by atoms with van der Waals surface area (Å²) in [5.74, 6) is -0.0799. The van der Waals surface area contributed by atoms with E-state index in [9.17, 15) is 9.59 Å². The summed E-state index contributed by atoms with van der Waals surface area (Å²) in [6, 6.07) is 13.1. The molecule has 0 aromatic heterocycles. The van der Waals surface area contributed by atoms with Crippen LogP contribution in [-0.2, 0) is 11.3 Å². The minimum absolute atomic E-state index is 0.171. The van der Waals surface area contributed by atoms with Gasteiger partial charge in [0.15, 0.2) is 0 Å². The first-order valence-corrected chi connectivity index (χ1v) is 12.1. The van der Waals surface area contributed by atoms with E-state index in [1.165, 1.54) is 6.42 Å². The second kappa shape index (κ2) is 10.6. The molecule has 1 fully saturated rings. The van der Waals surface area contributed by atoms with Crippen LogP contribution in [0.25, 0.3) is 0 Å². The third-order valence-electron chi connectivity index (χ3n) is 6.20. The molecule has 0 bridgehead atoms. The van der Waals surface area contributed by atoms with Gasteiger partial charge < -0.3 is 15.1 Å². The zero-order chi connectivity index (χ0) is 24.2. The van der Waals surface area contributed by atoms with Crippen LogP contribution >= 0.6 is 11.6 Å². The van der Waals surface area contributed by atoms with Crippen molar-refractivity contribution < 1.29 is 9.59 Å². The third kappa shape index (κ3) is 6.29. The van der Waals surface area contributed by atoms with Gasteiger partial charge in [-0.25, -0.2) is 0 Å². The summed E-state index contributed by atoms with van der Waals surface area (Å²) in [4.78, 5) is 30.4. The van der Waals surface area contributed by atoms with E-state index in [2.05, 4.69) is 15.1 Å². The largest absolute Gasteiger partial charge is 0.377 e. The van der Waals surface area contributed by atoms with Gasteiger partial charge in [0, 0.05) is 43.5 Å². The maximum atomic E-state index is 13.5. The van der Waals surface area contributed by atoms with Crippen LogP contribution in [0.4, 0.5) is 11.4 Å². The first-order valence-electron chi connectivity index (χ1n) is 11.7. The average Bonchev–Trinajstić information content (AvgIpc) is 2.77. The molecule has 0 heterocycles. The fraction of sp³-hybridized carbons (Fsp3) is 0.481. The highest BCUT2D eigenvalue weighted by Crippen LogP contribution is 2.32. The van der Waals surface area contributed by atoms with Gasteiger partial charge in [-0.05, 0) is 48.7 Å². The van der Waals surface area contributed by atoms with E-state index in [1.807, 2.05) is 53.1 Å². The molecule has 2 aromatic rings. The van der Waals surface area contributed by atoms with Crippen molar-refractivity contribution in [1.82, 2.24) is 4.90 Å². The summed E-state index contributed by atoms with van der Waals surface area (Å²) in [7, 11) is 3.99. The number of hydrogen-bond donors (Lipinski definition) is 1. The summed E-state index contributed by atoms with van der Waals surface area (Å²) >= 11 is 6.20. The molecule has 5 nitrogen and oxygen atoms in total. The Bertz CT molecular complexity index is 991. The van der Waals surface area contributed by atoms with Crippen LogP contribution in [0.5, 0.6) is 0 Å². The minimum atomic E-state index is -0.453. The van der Waals surface area contributed by atoms with Crippen LogP contribution in [0.2, 0.25) is 5.02 Å². The van der Waals surface area contributed by atoms with Gasteiger partial charge in [0.25, 0.3) is 5.91 Å². The van der Waals surface area contributed by atoms with Crippen molar-refractivity contribution in [1.29, 1.82) is 0 Å². The van der Waals surface area contributed by atoms with Crippen molar-refractivity contribution in [3.63, 3.8) is 0 Å². The number of amides is 2. The molecule has 0 atom stereocenters. The predicted octanol–water partition coefficient (Wildman–Crippen LogP) is 6.37. The van der Waals surface area contributed by atoms with Gasteiger partial charge in [-0.1, -0.05) is 63.8 Å². The molecule has 0 radical (unpaired) electrons. The summed E-state index contributed by atoms with van der Waals surface area (Å²) in [6.45, 7) is 6.47. The Hall–Kier alpha value is -2.53. The van der Waals surface area contributed by atoms with E-state index in [4.69, 9.17) is 11.6 Å². The third-order valence-corrected chi connectivity index (χ3v) is 6.53. The van der Waals surface area contributed by atoms with Gasteiger partial charge in [0.05, 0.1) is 10.6 Å². The standard InChI is InChI=1S/C27H36ClN3O2/c1-27(2,3)26(33)31(21-11-7-6-8-12-21)18-19-17-20(15-16-24(19)30(4)5)29-25(32)22-13-9-10-14-23(22)28/h9-10,13-17,21H,6-8,11-12,18H2,1-5H3,(H,29,32). The van der Waals surface area contributed by atoms with Crippen molar-refractivity contribution in [3.05, 3.63) is 58.6 Å². The maximum absolute atomic E-state index is 13.5. The van der Waals surface area contributed by atoms with Crippen molar-refractivity contribution >= 4 is 34.8 Å². The van der Waals surface area contributed by atoms with Crippen LogP contribution in [-0.4, -0.2) is 36.9 Å². The van der Waals surface area contributed by atoms with Gasteiger partial charge in [0.2, 0.25) is 5.91 Å². The molecule has 3 rings (SSSR count). The Kier molecular flexibility index (Phi) is 8.06. The number of carbonyl (C=O) groups is 2. The SMILES string of the molecule is CN(C)c1ccc(NC(=O)c2ccccc2Cl)cc1CN(C(=O)C(C)(C)C)C1CCCCC1. The minimum Gasteiger partial charge on any atom is -0.377 e. The van der Waals surface area contributed by atoms with Gasteiger partial charge in [-0.2, -0.15) is 0 Å². The highest BCUT2D eigenvalue weighted by molar-refractivity contribution is 6.34. The van der Waals surface area contributed by atoms with Crippen molar-refractivity contribution in [2.75, 3.05) is 24.3 Å². The van der Waals surface area contributed by atoms with Gasteiger partial charge in [-0.15, -0.1) is 0 Å². The number of carbonyl (C=O) groups excluding carboxylic acids is 2. The second-order valence-electron chi connectivity index (χ2n) is 10.1. The molecule has 2 aromatic carbocycles. The number of halogens is 1. The molecule has 1 saturated carbocycles. The average molecular weight is 470 g/mol. The number of benzene rings is 2. The van der Waals surface area contributed by atoms with Gasteiger partial charge in [-0.3, -0.25) is 9.59 Å². The highest BCUT2D eigenvalue weighted by Gasteiger charge is 2.33. The van der Waals surface area contributed by atoms with Crippen LogP contribution in [0.15, 0.2) is 42.5 Å². The van der Waals surface area contributed by atoms with E-state index in [0.29, 0.717) is 22.8 Å². The monoisotopic (exact) mass is 469 g/mol. The molecule has 33 heavy (non-hydrogen) atoms. The number of hydrogen-bond acceptors (Lipinski definition) is 3. The zero-order valence-corrected chi connectivity index (χ0v) is 21.2. The summed E-state index contributed by atoms with van der Waals surface area (Å²) in [6.07, 6.45) is 5.64. The van der Waals surface area contributed by atoms with Crippen LogP contribution in [0, 0.1) is 5.41 Å². The highest BCUT2D eigenvalue weighted by atomic mass is 35.5. The molecule has 178 valence electrons. The Labute approximate surface area is 203 Å². The first-order chi connectivity index (χ1) is 15.6. The number of nitrogens with one attached hydrogen (secondary N) is 1. The molecule has 0 aliphatic heterocycles. The normalized spacial score (nSPS) is 14.6. The van der Waals surface area contributed by atoms with E-state index >= 15 is 0 Å². The molecule has 0 spiro atoms. The fourth-order valence-corrected chi connectivity index (χ4v) is 4.67. The number of rotatable bonds is 6. The van der Waals surface area contributed by atoms with Crippen LogP contribution in [0.1, 0.15) is 68.8 Å². The molecule has 1 N–H and O–H groups in total. The summed E-state index contributed by atoms with van der Waals surface area (Å²) in [5.41, 5.74) is 2.72. The summed E-state index contributed by atoms with van der Waals surface area (Å²) < 4.78 is 0. The van der Waals surface area contributed by atoms with Crippen LogP contribution in [0.3, 0.4) is 0 Å². The van der Waals surface area contributed by atoms with Crippen molar-refractivity contribution in [2.24, 2.45) is 5.41 Å². The first kappa shape index (κ1) is 25.1. The Morgan fingerprint density at radius 3 is 2.30 bits per heavy atom. The molecular weight excluding hydrogens is 434 g/mol. The molecule has 1 aliphatic rings. The molecule has 0 unspecified atom stereocenters. The Morgan fingerprint density at radius 2 is 1.70 bits per heavy atom. The van der Waals surface area contributed by atoms with E-state index in [0.717, 1.165) is 36.9 Å². The van der Waals surface area contributed by atoms with Crippen molar-refractivity contribution in [3.8, 4) is 0 Å². The van der Waals surface area contributed by atoms with E-state index < -0.39 is 5.41 Å². The topological polar surface area (TPSA) is 52.7 Å². The van der Waals surface area contributed by atoms with Crippen molar-refractivity contribution in [2.45, 2.75) is 65.5 Å². The Morgan fingerprint density at radius 1 is 1.03 bits per heavy atom. The lowest BCUT2D eigenvalue weighted by molar-refractivity contribution is -0.143. The smallest absolute Gasteiger partial charge is 0.257 e. The number of nitrogens with zero attached hydrogens (tertiary/aromatic N) is 2. The zero-order valence-electron chi connectivity index (χ0n) is 20.5. The van der Waals surface area contributed by atoms with E-state index in [-0.39, 0.29) is 17.9 Å². The van der Waals surface area contributed by atoms with Crippen LogP contribution < -0.4 is 10.2 Å². The number of anilines is 2. The summed E-state index contributed by atoms with van der Waals surface area (Å²) in [5, 5.41) is 3.39. The Balaban J connectivity index is 1.92. The second-order valence-corrected chi connectivity index (χ2v) is 10.6. The van der Waals surface area contributed by atoms with E-state index in [1.54, 1.807) is 24.3 Å². The van der Waals surface area contributed by atoms with Gasteiger partial charge in [0.1, 0.15) is 0 Å². The fourth-order valence-electron chi connectivity index (χ4n) is 4.44. The molecule has 0 saturated heterocycles. The molecule has 6 heteroatoms. The van der Waals surface area contributed by atoms with Gasteiger partial charge >= 0.3 is 0 Å². The quantitative estimate of drug-likeness (QED) is 0.535. The molecule has 2 amide bonds. The lowest BCUT2D eigenvalue weighted by Crippen LogP contribution is -2.46. The lowest BCUT2D eigenvalue weighted by Gasteiger charge is -2.39. The lowest BCUT2D eigenvalue weighted by atomic mass is 9.89. The predicted molar refractivity (Wildman–Crippen MR) is 137 cm³/mol.